The minimum Gasteiger partial charge on any atom is -0.324 e. The van der Waals surface area contributed by atoms with Crippen LogP contribution in [-0.2, 0) is 0 Å². The monoisotopic (exact) mass is 268 g/mol. The van der Waals surface area contributed by atoms with Gasteiger partial charge in [-0.25, -0.2) is 0 Å². The molecule has 0 amide bonds. The number of hydrogen-bond acceptors (Lipinski definition) is 2. The van der Waals surface area contributed by atoms with E-state index in [-0.39, 0.29) is 6.04 Å². The van der Waals surface area contributed by atoms with Crippen molar-refractivity contribution in [2.45, 2.75) is 39.2 Å². The topological polar surface area (TPSA) is 38.9 Å². The molecule has 2 heteroatoms. The second kappa shape index (κ2) is 5.53. The number of nitrogens with zero attached hydrogens (tertiary/aromatic N) is 1. The van der Waals surface area contributed by atoms with Crippen LogP contribution in [0.25, 0.3) is 10.9 Å². The summed E-state index contributed by atoms with van der Waals surface area (Å²) < 4.78 is 0. The molecule has 1 aliphatic rings. The van der Waals surface area contributed by atoms with Crippen LogP contribution in [0.15, 0.2) is 36.5 Å². The predicted octanol–water partition coefficient (Wildman–Crippen LogP) is 4.31. The molecule has 1 aliphatic carbocycles. The maximum absolute atomic E-state index is 6.60. The Morgan fingerprint density at radius 2 is 1.90 bits per heavy atom. The van der Waals surface area contributed by atoms with Gasteiger partial charge in [0, 0.05) is 17.6 Å². The number of benzene rings is 1. The van der Waals surface area contributed by atoms with Gasteiger partial charge in [-0.05, 0) is 42.2 Å². The summed E-state index contributed by atoms with van der Waals surface area (Å²) in [4.78, 5) is 4.55. The van der Waals surface area contributed by atoms with Crippen molar-refractivity contribution >= 4 is 10.9 Å². The first-order valence-corrected chi connectivity index (χ1v) is 7.76. The van der Waals surface area contributed by atoms with E-state index in [1.54, 1.807) is 0 Å². The molecule has 1 aromatic carbocycles. The number of fused-ring (bicyclic) bond motifs is 1. The standard InChI is InChI=1S/C18H24N2/c1-12-8-9-15(11-13(12)2)17(19)16-7-3-5-14-6-4-10-20-18(14)16/h3-7,10,12-13,15,17H,8-9,11,19H2,1-2H3. The Balaban J connectivity index is 1.91. The summed E-state index contributed by atoms with van der Waals surface area (Å²) in [5, 5.41) is 1.19. The largest absolute Gasteiger partial charge is 0.324 e. The molecule has 0 saturated heterocycles. The van der Waals surface area contributed by atoms with Crippen LogP contribution >= 0.6 is 0 Å². The van der Waals surface area contributed by atoms with Gasteiger partial charge in [0.05, 0.1) is 5.52 Å². The molecule has 2 N–H and O–H groups in total. The molecule has 0 spiro atoms. The highest BCUT2D eigenvalue weighted by Gasteiger charge is 2.29. The highest BCUT2D eigenvalue weighted by atomic mass is 14.7. The van der Waals surface area contributed by atoms with Crippen molar-refractivity contribution in [3.63, 3.8) is 0 Å². The minimum atomic E-state index is 0.114. The highest BCUT2D eigenvalue weighted by molar-refractivity contribution is 5.82. The molecule has 0 bridgehead atoms. The highest BCUT2D eigenvalue weighted by Crippen LogP contribution is 2.39. The van der Waals surface area contributed by atoms with Gasteiger partial charge in [0.2, 0.25) is 0 Å². The molecule has 20 heavy (non-hydrogen) atoms. The molecular formula is C18H24N2. The van der Waals surface area contributed by atoms with E-state index in [0.29, 0.717) is 5.92 Å². The summed E-state index contributed by atoms with van der Waals surface area (Å²) in [6.07, 6.45) is 5.66. The van der Waals surface area contributed by atoms with E-state index in [4.69, 9.17) is 5.73 Å². The molecule has 1 fully saturated rings. The first kappa shape index (κ1) is 13.6. The summed E-state index contributed by atoms with van der Waals surface area (Å²) in [7, 11) is 0. The van der Waals surface area contributed by atoms with Crippen molar-refractivity contribution in [3.05, 3.63) is 42.1 Å². The number of nitrogens with two attached hydrogens (primary N) is 1. The number of para-hydroxylation sites is 1. The van der Waals surface area contributed by atoms with Crippen LogP contribution in [0.5, 0.6) is 0 Å². The van der Waals surface area contributed by atoms with Crippen LogP contribution in [0, 0.1) is 17.8 Å². The number of pyridine rings is 1. The number of rotatable bonds is 2. The zero-order valence-corrected chi connectivity index (χ0v) is 12.4. The quantitative estimate of drug-likeness (QED) is 0.881. The third-order valence-electron chi connectivity index (χ3n) is 5.17. The lowest BCUT2D eigenvalue weighted by atomic mass is 9.72. The van der Waals surface area contributed by atoms with Crippen LogP contribution < -0.4 is 5.73 Å². The summed E-state index contributed by atoms with van der Waals surface area (Å²) in [5.74, 6) is 2.21. The van der Waals surface area contributed by atoms with Gasteiger partial charge in [0.1, 0.15) is 0 Å². The first-order valence-electron chi connectivity index (χ1n) is 7.76. The average molecular weight is 268 g/mol. The molecule has 2 aromatic rings. The average Bonchev–Trinajstić information content (AvgIpc) is 2.49. The number of aromatic nitrogens is 1. The summed E-state index contributed by atoms with van der Waals surface area (Å²) in [6.45, 7) is 4.73. The minimum absolute atomic E-state index is 0.114. The molecule has 1 heterocycles. The summed E-state index contributed by atoms with van der Waals surface area (Å²) in [5.41, 5.74) is 8.90. The summed E-state index contributed by atoms with van der Waals surface area (Å²) >= 11 is 0. The predicted molar refractivity (Wildman–Crippen MR) is 84.3 cm³/mol. The van der Waals surface area contributed by atoms with E-state index in [0.717, 1.165) is 17.4 Å². The lowest BCUT2D eigenvalue weighted by Crippen LogP contribution is -2.29. The van der Waals surface area contributed by atoms with Gasteiger partial charge >= 0.3 is 0 Å². The molecule has 1 saturated carbocycles. The van der Waals surface area contributed by atoms with Crippen LogP contribution in [-0.4, -0.2) is 4.98 Å². The fourth-order valence-corrected chi connectivity index (χ4v) is 3.57. The zero-order valence-electron chi connectivity index (χ0n) is 12.4. The third-order valence-corrected chi connectivity index (χ3v) is 5.17. The molecular weight excluding hydrogens is 244 g/mol. The Bertz CT molecular complexity index is 587. The van der Waals surface area contributed by atoms with Crippen molar-refractivity contribution in [2.75, 3.05) is 0 Å². The fourth-order valence-electron chi connectivity index (χ4n) is 3.57. The van der Waals surface area contributed by atoms with Crippen molar-refractivity contribution in [2.24, 2.45) is 23.5 Å². The van der Waals surface area contributed by atoms with Gasteiger partial charge in [-0.1, -0.05) is 44.5 Å². The molecule has 2 nitrogen and oxygen atoms in total. The lowest BCUT2D eigenvalue weighted by Gasteiger charge is -2.35. The summed E-state index contributed by atoms with van der Waals surface area (Å²) in [6, 6.07) is 10.6. The van der Waals surface area contributed by atoms with E-state index in [2.05, 4.69) is 43.1 Å². The van der Waals surface area contributed by atoms with Gasteiger partial charge in [0.25, 0.3) is 0 Å². The molecule has 0 aliphatic heterocycles. The van der Waals surface area contributed by atoms with Crippen LogP contribution in [0.1, 0.15) is 44.7 Å². The molecule has 4 atom stereocenters. The third kappa shape index (κ3) is 2.45. The van der Waals surface area contributed by atoms with E-state index in [1.807, 2.05) is 12.3 Å². The van der Waals surface area contributed by atoms with Crippen LogP contribution in [0.3, 0.4) is 0 Å². The Hall–Kier alpha value is -1.41. The molecule has 0 radical (unpaired) electrons. The second-order valence-electron chi connectivity index (χ2n) is 6.48. The van der Waals surface area contributed by atoms with Crippen molar-refractivity contribution < 1.29 is 0 Å². The fraction of sp³-hybridized carbons (Fsp3) is 0.500. The Morgan fingerprint density at radius 1 is 1.10 bits per heavy atom. The molecule has 4 unspecified atom stereocenters. The smallest absolute Gasteiger partial charge is 0.0749 e. The van der Waals surface area contributed by atoms with E-state index in [9.17, 15) is 0 Å². The normalized spacial score (nSPS) is 28.4. The Morgan fingerprint density at radius 3 is 2.70 bits per heavy atom. The lowest BCUT2D eigenvalue weighted by molar-refractivity contribution is 0.186. The molecule has 3 rings (SSSR count). The van der Waals surface area contributed by atoms with Crippen molar-refractivity contribution in [3.8, 4) is 0 Å². The second-order valence-corrected chi connectivity index (χ2v) is 6.48. The molecule has 1 aromatic heterocycles. The van der Waals surface area contributed by atoms with Gasteiger partial charge in [-0.15, -0.1) is 0 Å². The van der Waals surface area contributed by atoms with E-state index >= 15 is 0 Å². The van der Waals surface area contributed by atoms with Gasteiger partial charge < -0.3 is 5.73 Å². The van der Waals surface area contributed by atoms with Crippen LogP contribution in [0.2, 0.25) is 0 Å². The Kier molecular flexibility index (Phi) is 3.75. The maximum atomic E-state index is 6.60. The zero-order chi connectivity index (χ0) is 14.1. The van der Waals surface area contributed by atoms with Gasteiger partial charge in [-0.2, -0.15) is 0 Å². The first-order chi connectivity index (χ1) is 9.66. The van der Waals surface area contributed by atoms with Crippen molar-refractivity contribution in [1.82, 2.24) is 4.98 Å². The van der Waals surface area contributed by atoms with Gasteiger partial charge in [-0.3, -0.25) is 4.98 Å². The maximum Gasteiger partial charge on any atom is 0.0749 e. The number of hydrogen-bond donors (Lipinski definition) is 1. The molecule has 106 valence electrons. The van der Waals surface area contributed by atoms with E-state index < -0.39 is 0 Å². The Labute approximate surface area is 121 Å². The van der Waals surface area contributed by atoms with Crippen LogP contribution in [0.4, 0.5) is 0 Å². The van der Waals surface area contributed by atoms with Crippen molar-refractivity contribution in [1.29, 1.82) is 0 Å². The SMILES string of the molecule is CC1CCC(C(N)c2cccc3cccnc23)CC1C. The van der Waals surface area contributed by atoms with Gasteiger partial charge in [0.15, 0.2) is 0 Å². The van der Waals surface area contributed by atoms with E-state index in [1.165, 1.54) is 30.2 Å².